The highest BCUT2D eigenvalue weighted by atomic mass is 16.6. The van der Waals surface area contributed by atoms with Gasteiger partial charge < -0.3 is 14.8 Å². The standard InChI is InChI=1S/C30H33NO4/c1-20-11-5-6-12-21(20)17-18-27(28(32)35-30(2,3)4)31-29(33)34-19-26-24-15-9-7-13-22(24)23-14-8-10-16-25(23)26/h5-16,26-27H,17-19H2,1-4H3,(H,31,33). The minimum atomic E-state index is -0.801. The van der Waals surface area contributed by atoms with Gasteiger partial charge in [-0.05, 0) is 73.9 Å². The largest absolute Gasteiger partial charge is 0.458 e. The highest BCUT2D eigenvalue weighted by Crippen LogP contribution is 2.44. The molecule has 0 aliphatic heterocycles. The van der Waals surface area contributed by atoms with Crippen molar-refractivity contribution in [1.82, 2.24) is 5.32 Å². The third-order valence-electron chi connectivity index (χ3n) is 6.29. The van der Waals surface area contributed by atoms with Crippen LogP contribution in [0.4, 0.5) is 4.79 Å². The van der Waals surface area contributed by atoms with Gasteiger partial charge >= 0.3 is 12.1 Å². The van der Waals surface area contributed by atoms with Crippen molar-refractivity contribution < 1.29 is 19.1 Å². The molecule has 3 aromatic rings. The lowest BCUT2D eigenvalue weighted by Gasteiger charge is -2.25. The van der Waals surface area contributed by atoms with Crippen LogP contribution in [0.1, 0.15) is 55.4 Å². The summed E-state index contributed by atoms with van der Waals surface area (Å²) in [5.41, 5.74) is 6.26. The molecule has 1 N–H and O–H groups in total. The Labute approximate surface area is 207 Å². The number of alkyl carbamates (subject to hydrolysis) is 1. The van der Waals surface area contributed by atoms with E-state index in [4.69, 9.17) is 9.47 Å². The minimum absolute atomic E-state index is 0.0416. The molecule has 0 fully saturated rings. The smallest absolute Gasteiger partial charge is 0.407 e. The van der Waals surface area contributed by atoms with E-state index in [0.29, 0.717) is 12.8 Å². The lowest BCUT2D eigenvalue weighted by molar-refractivity contribution is -0.157. The lowest BCUT2D eigenvalue weighted by atomic mass is 9.98. The van der Waals surface area contributed by atoms with Crippen molar-refractivity contribution in [3.05, 3.63) is 95.1 Å². The second-order valence-electron chi connectivity index (χ2n) is 10.0. The predicted molar refractivity (Wildman–Crippen MR) is 137 cm³/mol. The highest BCUT2D eigenvalue weighted by Gasteiger charge is 2.31. The number of carbonyl (C=O) groups is 2. The van der Waals surface area contributed by atoms with E-state index >= 15 is 0 Å². The van der Waals surface area contributed by atoms with Crippen LogP contribution in [-0.4, -0.2) is 30.3 Å². The molecule has 1 atom stereocenters. The molecule has 1 amide bonds. The summed E-state index contributed by atoms with van der Waals surface area (Å²) in [5, 5.41) is 2.77. The average molecular weight is 472 g/mol. The number of fused-ring (bicyclic) bond motifs is 3. The molecule has 1 aliphatic carbocycles. The zero-order chi connectivity index (χ0) is 25.0. The van der Waals surface area contributed by atoms with E-state index < -0.39 is 23.7 Å². The van der Waals surface area contributed by atoms with E-state index in [1.165, 1.54) is 11.1 Å². The molecule has 1 unspecified atom stereocenters. The molecule has 0 bridgehead atoms. The van der Waals surface area contributed by atoms with E-state index in [0.717, 1.165) is 22.3 Å². The number of aryl methyl sites for hydroxylation is 2. The lowest BCUT2D eigenvalue weighted by Crippen LogP contribution is -2.45. The van der Waals surface area contributed by atoms with E-state index in [-0.39, 0.29) is 12.5 Å². The van der Waals surface area contributed by atoms with Gasteiger partial charge in [-0.2, -0.15) is 0 Å². The Hall–Kier alpha value is -3.60. The number of esters is 1. The van der Waals surface area contributed by atoms with Crippen LogP contribution in [0, 0.1) is 6.92 Å². The van der Waals surface area contributed by atoms with E-state index in [2.05, 4.69) is 29.6 Å². The van der Waals surface area contributed by atoms with Crippen molar-refractivity contribution in [3.8, 4) is 11.1 Å². The van der Waals surface area contributed by atoms with Crippen molar-refractivity contribution in [2.24, 2.45) is 0 Å². The molecule has 0 spiro atoms. The van der Waals surface area contributed by atoms with Crippen LogP contribution >= 0.6 is 0 Å². The maximum absolute atomic E-state index is 12.9. The quantitative estimate of drug-likeness (QED) is 0.418. The molecule has 5 nitrogen and oxygen atoms in total. The Kier molecular flexibility index (Phi) is 7.25. The number of amides is 1. The molecule has 5 heteroatoms. The second kappa shape index (κ2) is 10.3. The Morgan fingerprint density at radius 2 is 1.46 bits per heavy atom. The van der Waals surface area contributed by atoms with Crippen molar-refractivity contribution in [2.45, 2.75) is 58.1 Å². The van der Waals surface area contributed by atoms with E-state index in [9.17, 15) is 9.59 Å². The van der Waals surface area contributed by atoms with Crippen molar-refractivity contribution in [3.63, 3.8) is 0 Å². The summed E-state index contributed by atoms with van der Waals surface area (Å²) in [6, 6.07) is 23.6. The first-order valence-corrected chi connectivity index (χ1v) is 12.1. The van der Waals surface area contributed by atoms with Crippen LogP contribution in [-0.2, 0) is 20.7 Å². The fraction of sp³-hybridized carbons (Fsp3) is 0.333. The highest BCUT2D eigenvalue weighted by molar-refractivity contribution is 5.82. The summed E-state index contributed by atoms with van der Waals surface area (Å²) >= 11 is 0. The van der Waals surface area contributed by atoms with Crippen molar-refractivity contribution in [1.29, 1.82) is 0 Å². The predicted octanol–water partition coefficient (Wildman–Crippen LogP) is 6.18. The molecule has 1 aliphatic rings. The molecule has 0 aromatic heterocycles. The third-order valence-corrected chi connectivity index (χ3v) is 6.29. The summed E-state index contributed by atoms with van der Waals surface area (Å²) in [6.45, 7) is 7.68. The molecule has 4 rings (SSSR count). The molecule has 0 heterocycles. The Morgan fingerprint density at radius 3 is 2.06 bits per heavy atom. The van der Waals surface area contributed by atoms with Crippen molar-refractivity contribution >= 4 is 12.1 Å². The van der Waals surface area contributed by atoms with Gasteiger partial charge in [-0.15, -0.1) is 0 Å². The van der Waals surface area contributed by atoms with E-state index in [1.54, 1.807) is 0 Å². The normalized spacial score (nSPS) is 13.5. The van der Waals surface area contributed by atoms with Gasteiger partial charge in [-0.25, -0.2) is 9.59 Å². The summed E-state index contributed by atoms with van der Waals surface area (Å²) in [6.07, 6.45) is 0.442. The van der Waals surface area contributed by atoms with Crippen LogP contribution in [0.3, 0.4) is 0 Å². The number of hydrogen-bond donors (Lipinski definition) is 1. The summed E-state index contributed by atoms with van der Waals surface area (Å²) in [7, 11) is 0. The fourth-order valence-electron chi connectivity index (χ4n) is 4.59. The Morgan fingerprint density at radius 1 is 0.886 bits per heavy atom. The molecule has 0 saturated carbocycles. The first kappa shape index (κ1) is 24.5. The number of carbonyl (C=O) groups excluding carboxylic acids is 2. The summed E-state index contributed by atoms with van der Waals surface area (Å²) in [4.78, 5) is 25.7. The van der Waals surface area contributed by atoms with Gasteiger partial charge in [0.15, 0.2) is 0 Å². The number of nitrogens with one attached hydrogen (secondary N) is 1. The Bertz CT molecular complexity index is 1170. The maximum atomic E-state index is 12.9. The number of rotatable bonds is 7. The van der Waals surface area contributed by atoms with Gasteiger partial charge in [0.25, 0.3) is 0 Å². The maximum Gasteiger partial charge on any atom is 0.407 e. The fourth-order valence-corrected chi connectivity index (χ4v) is 4.59. The molecule has 182 valence electrons. The number of benzene rings is 3. The first-order valence-electron chi connectivity index (χ1n) is 12.1. The SMILES string of the molecule is Cc1ccccc1CCC(NC(=O)OCC1c2ccccc2-c2ccccc21)C(=O)OC(C)(C)C. The average Bonchev–Trinajstić information content (AvgIpc) is 3.14. The van der Waals surface area contributed by atoms with Gasteiger partial charge in [0.05, 0.1) is 0 Å². The zero-order valence-corrected chi connectivity index (χ0v) is 20.8. The molecular formula is C30H33NO4. The van der Waals surface area contributed by atoms with Crippen LogP contribution in [0.2, 0.25) is 0 Å². The molecule has 35 heavy (non-hydrogen) atoms. The second-order valence-corrected chi connectivity index (χ2v) is 10.0. The molecule has 0 radical (unpaired) electrons. The topological polar surface area (TPSA) is 64.6 Å². The van der Waals surface area contributed by atoms with Gasteiger partial charge in [0.2, 0.25) is 0 Å². The van der Waals surface area contributed by atoms with E-state index in [1.807, 2.05) is 76.2 Å². The number of hydrogen-bond acceptors (Lipinski definition) is 4. The molecular weight excluding hydrogens is 438 g/mol. The van der Waals surface area contributed by atoms with Gasteiger partial charge in [-0.1, -0.05) is 72.8 Å². The van der Waals surface area contributed by atoms with Gasteiger partial charge in [0.1, 0.15) is 18.2 Å². The molecule has 3 aromatic carbocycles. The third kappa shape index (κ3) is 5.91. The van der Waals surface area contributed by atoms with Crippen LogP contribution in [0.25, 0.3) is 11.1 Å². The minimum Gasteiger partial charge on any atom is -0.458 e. The summed E-state index contributed by atoms with van der Waals surface area (Å²) < 4.78 is 11.2. The van der Waals surface area contributed by atoms with Crippen LogP contribution in [0.15, 0.2) is 72.8 Å². The van der Waals surface area contributed by atoms with Gasteiger partial charge in [0, 0.05) is 5.92 Å². The van der Waals surface area contributed by atoms with Crippen LogP contribution in [0.5, 0.6) is 0 Å². The van der Waals surface area contributed by atoms with Crippen LogP contribution < -0.4 is 5.32 Å². The van der Waals surface area contributed by atoms with Crippen molar-refractivity contribution in [2.75, 3.05) is 6.61 Å². The zero-order valence-electron chi connectivity index (χ0n) is 20.8. The summed E-state index contributed by atoms with van der Waals surface area (Å²) in [5.74, 6) is -0.500. The number of ether oxygens (including phenoxy) is 2. The monoisotopic (exact) mass is 471 g/mol. The molecule has 0 saturated heterocycles. The first-order chi connectivity index (χ1) is 16.7. The Balaban J connectivity index is 1.44. The van der Waals surface area contributed by atoms with Gasteiger partial charge in [-0.3, -0.25) is 0 Å².